The summed E-state index contributed by atoms with van der Waals surface area (Å²) in [6, 6.07) is 0. The van der Waals surface area contributed by atoms with Crippen LogP contribution in [-0.4, -0.2) is 104 Å². The lowest BCUT2D eigenvalue weighted by Crippen LogP contribution is -2.39. The van der Waals surface area contributed by atoms with Crippen molar-refractivity contribution in [3.05, 3.63) is 0 Å². The number of unbranched alkanes of at least 4 members (excludes halogenated alkanes) is 8. The van der Waals surface area contributed by atoms with Crippen molar-refractivity contribution in [2.75, 3.05) is 94.1 Å². The summed E-state index contributed by atoms with van der Waals surface area (Å²) in [7, 11) is 8.36. The summed E-state index contributed by atoms with van der Waals surface area (Å²) >= 11 is 0. The number of hydrogen-bond acceptors (Lipinski definition) is 6. The van der Waals surface area contributed by atoms with Crippen LogP contribution in [0.5, 0.6) is 0 Å². The van der Waals surface area contributed by atoms with E-state index in [1.165, 1.54) is 44.9 Å². The average Bonchev–Trinajstić information content (AvgIpc) is 2.82. The van der Waals surface area contributed by atoms with Crippen molar-refractivity contribution >= 4 is 0 Å². The van der Waals surface area contributed by atoms with Gasteiger partial charge in [0.25, 0.3) is 0 Å². The summed E-state index contributed by atoms with van der Waals surface area (Å²) in [5.74, 6) is 0. The summed E-state index contributed by atoms with van der Waals surface area (Å²) in [4.78, 5) is 4.34. The van der Waals surface area contributed by atoms with Gasteiger partial charge in [0.2, 0.25) is 0 Å². The normalized spacial score (nSPS) is 12.3. The zero-order chi connectivity index (χ0) is 26.0. The Morgan fingerprint density at radius 1 is 0.457 bits per heavy atom. The van der Waals surface area contributed by atoms with Crippen LogP contribution in [0.1, 0.15) is 90.9 Å². The molecule has 6 heteroatoms. The number of hydrogen-bond donors (Lipinski definition) is 0. The molecule has 0 aromatic heterocycles. The van der Waals surface area contributed by atoms with Crippen LogP contribution in [0.25, 0.3) is 0 Å². The third kappa shape index (κ3) is 23.9. The molecule has 0 spiro atoms. The van der Waals surface area contributed by atoms with Crippen LogP contribution in [0, 0.1) is 5.41 Å². The van der Waals surface area contributed by atoms with Crippen LogP contribution in [0.15, 0.2) is 0 Å². The van der Waals surface area contributed by atoms with Crippen molar-refractivity contribution in [1.29, 1.82) is 0 Å². The second-order valence-corrected chi connectivity index (χ2v) is 10.8. The molecule has 0 atom stereocenters. The number of nitrogens with zero attached hydrogens (tertiary/aromatic N) is 2. The molecule has 0 radical (unpaired) electrons. The van der Waals surface area contributed by atoms with Gasteiger partial charge in [0.15, 0.2) is 0 Å². The topological polar surface area (TPSA) is 43.4 Å². The van der Waals surface area contributed by atoms with Crippen LogP contribution < -0.4 is 0 Å². The molecule has 0 heterocycles. The minimum atomic E-state index is -0.0795. The third-order valence-corrected chi connectivity index (χ3v) is 6.37. The van der Waals surface area contributed by atoms with E-state index in [0.29, 0.717) is 13.2 Å². The fourth-order valence-electron chi connectivity index (χ4n) is 3.92. The standard InChI is InChI=1S/C29H62N2O4/c1-7-9-11-12-13-16-23-33-26-29(27-34-24-19-30(3)4,28-35-25-20-31(5)6)18-15-14-17-22-32-21-10-8-2/h7-28H2,1-6H3. The highest BCUT2D eigenvalue weighted by Crippen LogP contribution is 2.28. The van der Waals surface area contributed by atoms with Gasteiger partial charge in [-0.1, -0.05) is 65.2 Å². The van der Waals surface area contributed by atoms with Gasteiger partial charge >= 0.3 is 0 Å². The summed E-state index contributed by atoms with van der Waals surface area (Å²) in [5, 5.41) is 0. The minimum Gasteiger partial charge on any atom is -0.381 e. The van der Waals surface area contributed by atoms with Gasteiger partial charge in [-0.15, -0.1) is 0 Å². The molecule has 0 saturated heterocycles. The van der Waals surface area contributed by atoms with Crippen LogP contribution >= 0.6 is 0 Å². The molecule has 0 aromatic carbocycles. The first-order valence-electron chi connectivity index (χ1n) is 14.6. The van der Waals surface area contributed by atoms with Crippen molar-refractivity contribution in [3.8, 4) is 0 Å². The van der Waals surface area contributed by atoms with Crippen LogP contribution in [0.4, 0.5) is 0 Å². The van der Waals surface area contributed by atoms with E-state index >= 15 is 0 Å². The molecule has 212 valence electrons. The first kappa shape index (κ1) is 34.8. The second-order valence-electron chi connectivity index (χ2n) is 10.8. The van der Waals surface area contributed by atoms with Gasteiger partial charge in [-0.25, -0.2) is 0 Å². The number of ether oxygens (including phenoxy) is 4. The molecule has 0 N–H and O–H groups in total. The van der Waals surface area contributed by atoms with Gasteiger partial charge in [-0.05, 0) is 53.9 Å². The molecule has 0 aromatic rings. The lowest BCUT2D eigenvalue weighted by Gasteiger charge is -2.34. The first-order valence-corrected chi connectivity index (χ1v) is 14.6. The Morgan fingerprint density at radius 2 is 0.886 bits per heavy atom. The molecule has 0 aliphatic carbocycles. The lowest BCUT2D eigenvalue weighted by atomic mass is 9.84. The Balaban J connectivity index is 4.74. The highest BCUT2D eigenvalue weighted by Gasteiger charge is 2.31. The van der Waals surface area contributed by atoms with E-state index in [9.17, 15) is 0 Å². The molecule has 0 fully saturated rings. The zero-order valence-corrected chi connectivity index (χ0v) is 24.6. The molecule has 6 nitrogen and oxygen atoms in total. The molecule has 0 amide bonds. The van der Waals surface area contributed by atoms with E-state index in [1.807, 2.05) is 0 Å². The predicted octanol–water partition coefficient (Wildman–Crippen LogP) is 5.88. The van der Waals surface area contributed by atoms with E-state index in [1.54, 1.807) is 0 Å². The Hall–Kier alpha value is -0.240. The maximum absolute atomic E-state index is 6.28. The predicted molar refractivity (Wildman–Crippen MR) is 150 cm³/mol. The zero-order valence-electron chi connectivity index (χ0n) is 24.6. The van der Waals surface area contributed by atoms with E-state index in [-0.39, 0.29) is 5.41 Å². The van der Waals surface area contributed by atoms with Crippen molar-refractivity contribution < 1.29 is 18.9 Å². The number of rotatable bonds is 28. The van der Waals surface area contributed by atoms with E-state index in [2.05, 4.69) is 51.8 Å². The SMILES string of the molecule is CCCCCCCCOCC(CCCCCOCCCC)(COCCN(C)C)COCCN(C)C. The molecular weight excluding hydrogens is 440 g/mol. The van der Waals surface area contributed by atoms with Gasteiger partial charge < -0.3 is 28.7 Å². The second kappa shape index (κ2) is 25.4. The molecule has 0 aliphatic rings. The van der Waals surface area contributed by atoms with E-state index in [4.69, 9.17) is 18.9 Å². The summed E-state index contributed by atoms with van der Waals surface area (Å²) in [5.41, 5.74) is -0.0795. The maximum Gasteiger partial charge on any atom is 0.0593 e. The summed E-state index contributed by atoms with van der Waals surface area (Å²) in [6.07, 6.45) is 14.6. The van der Waals surface area contributed by atoms with Gasteiger partial charge in [-0.3, -0.25) is 0 Å². The fourth-order valence-corrected chi connectivity index (χ4v) is 3.92. The number of likely N-dealkylation sites (N-methyl/N-ethyl adjacent to an activating group) is 2. The van der Waals surface area contributed by atoms with Crippen molar-refractivity contribution in [2.24, 2.45) is 5.41 Å². The molecule has 0 aliphatic heterocycles. The van der Waals surface area contributed by atoms with Crippen molar-refractivity contribution in [3.63, 3.8) is 0 Å². The third-order valence-electron chi connectivity index (χ3n) is 6.37. The monoisotopic (exact) mass is 502 g/mol. The highest BCUT2D eigenvalue weighted by atomic mass is 16.5. The van der Waals surface area contributed by atoms with Gasteiger partial charge in [0.05, 0.1) is 33.0 Å². The molecule has 0 unspecified atom stereocenters. The quantitative estimate of drug-likeness (QED) is 0.124. The van der Waals surface area contributed by atoms with E-state index in [0.717, 1.165) is 84.8 Å². The van der Waals surface area contributed by atoms with Crippen molar-refractivity contribution in [1.82, 2.24) is 9.80 Å². The van der Waals surface area contributed by atoms with Crippen LogP contribution in [0.2, 0.25) is 0 Å². The molecule has 0 saturated carbocycles. The molecule has 0 rings (SSSR count). The van der Waals surface area contributed by atoms with Gasteiger partial charge in [0.1, 0.15) is 0 Å². The highest BCUT2D eigenvalue weighted by molar-refractivity contribution is 4.80. The van der Waals surface area contributed by atoms with Crippen molar-refractivity contribution in [2.45, 2.75) is 90.9 Å². The van der Waals surface area contributed by atoms with Crippen LogP contribution in [-0.2, 0) is 18.9 Å². The summed E-state index contributed by atoms with van der Waals surface area (Å²) in [6.45, 7) is 12.6. The first-order chi connectivity index (χ1) is 17.0. The Labute approximate surface area is 219 Å². The van der Waals surface area contributed by atoms with Gasteiger partial charge in [0, 0.05) is 38.3 Å². The van der Waals surface area contributed by atoms with E-state index < -0.39 is 0 Å². The van der Waals surface area contributed by atoms with Crippen LogP contribution in [0.3, 0.4) is 0 Å². The van der Waals surface area contributed by atoms with Gasteiger partial charge in [-0.2, -0.15) is 0 Å². The maximum atomic E-state index is 6.28. The summed E-state index contributed by atoms with van der Waals surface area (Å²) < 4.78 is 24.4. The smallest absolute Gasteiger partial charge is 0.0593 e. The Morgan fingerprint density at radius 3 is 1.43 bits per heavy atom. The molecule has 35 heavy (non-hydrogen) atoms. The molecular formula is C29H62N2O4. The Bertz CT molecular complexity index is 383. The fraction of sp³-hybridized carbons (Fsp3) is 1.00. The largest absolute Gasteiger partial charge is 0.381 e. The lowest BCUT2D eigenvalue weighted by molar-refractivity contribution is -0.0774. The minimum absolute atomic E-state index is 0.0795. The average molecular weight is 503 g/mol. The molecule has 0 bridgehead atoms. The Kier molecular flexibility index (Phi) is 25.2.